The van der Waals surface area contributed by atoms with Crippen LogP contribution in [0.5, 0.6) is 0 Å². The van der Waals surface area contributed by atoms with Gasteiger partial charge >= 0.3 is 0 Å². The van der Waals surface area contributed by atoms with E-state index in [2.05, 4.69) is 33.3 Å². The second-order valence-electron chi connectivity index (χ2n) is 6.56. The van der Waals surface area contributed by atoms with Crippen LogP contribution in [0.1, 0.15) is 39.5 Å². The molecule has 3 heterocycles. The molecule has 2 aromatic heterocycles. The van der Waals surface area contributed by atoms with Gasteiger partial charge in [-0.25, -0.2) is 10.9 Å². The van der Waals surface area contributed by atoms with Gasteiger partial charge in [-0.1, -0.05) is 29.8 Å². The van der Waals surface area contributed by atoms with Gasteiger partial charge in [0.05, 0.1) is 6.67 Å². The van der Waals surface area contributed by atoms with Crippen LogP contribution >= 0.6 is 11.3 Å². The molecule has 2 unspecified atom stereocenters. The molecule has 5 nitrogen and oxygen atoms in total. The lowest BCUT2D eigenvalue weighted by molar-refractivity contribution is 0.219. The molecule has 4 N–H and O–H groups in total. The molecular formula is C20H22N4OS. The highest BCUT2D eigenvalue weighted by Gasteiger charge is 2.26. The fourth-order valence-corrected chi connectivity index (χ4v) is 4.36. The second-order valence-corrected chi connectivity index (χ2v) is 7.65. The Balaban J connectivity index is 1.77. The molecule has 0 aliphatic carbocycles. The number of hydrogen-bond acceptors (Lipinski definition) is 6. The quantitative estimate of drug-likeness (QED) is 0.571. The third kappa shape index (κ3) is 3.42. The van der Waals surface area contributed by atoms with Gasteiger partial charge in [-0.05, 0) is 43.2 Å². The van der Waals surface area contributed by atoms with E-state index in [1.54, 1.807) is 11.3 Å². The minimum atomic E-state index is -0.664. The van der Waals surface area contributed by atoms with E-state index in [9.17, 15) is 5.11 Å². The molecule has 0 amide bonds. The van der Waals surface area contributed by atoms with Crippen molar-refractivity contribution in [1.82, 2.24) is 21.2 Å². The van der Waals surface area contributed by atoms with Gasteiger partial charge in [-0.15, -0.1) is 11.3 Å². The number of aliphatic hydroxyl groups is 1. The average molecular weight is 366 g/mol. The Hall–Kier alpha value is -2.09. The SMILES string of the molecule is Cc1ccc(C(O)c2cc(-c3ccnc(C)c3)sc2C2NCNN2)cc1. The first-order chi connectivity index (χ1) is 12.6. The Bertz CT molecular complexity index is 900. The Morgan fingerprint density at radius 2 is 1.96 bits per heavy atom. The van der Waals surface area contributed by atoms with E-state index in [4.69, 9.17) is 0 Å². The van der Waals surface area contributed by atoms with E-state index in [0.717, 1.165) is 32.1 Å². The molecule has 0 spiro atoms. The molecule has 1 aliphatic heterocycles. The molecule has 1 fully saturated rings. The number of aliphatic hydroxyl groups excluding tert-OH is 1. The highest BCUT2D eigenvalue weighted by Crippen LogP contribution is 2.39. The van der Waals surface area contributed by atoms with Gasteiger partial charge in [0.25, 0.3) is 0 Å². The number of aromatic nitrogens is 1. The van der Waals surface area contributed by atoms with E-state index in [-0.39, 0.29) is 6.17 Å². The summed E-state index contributed by atoms with van der Waals surface area (Å²) in [5.74, 6) is 0. The Morgan fingerprint density at radius 1 is 1.15 bits per heavy atom. The number of benzene rings is 1. The lowest BCUT2D eigenvalue weighted by Gasteiger charge is -2.16. The summed E-state index contributed by atoms with van der Waals surface area (Å²) in [6.45, 7) is 4.73. The van der Waals surface area contributed by atoms with Crippen molar-refractivity contribution in [1.29, 1.82) is 0 Å². The number of rotatable bonds is 4. The molecule has 0 bridgehead atoms. The van der Waals surface area contributed by atoms with Crippen LogP contribution in [0.3, 0.4) is 0 Å². The topological polar surface area (TPSA) is 69.2 Å². The van der Waals surface area contributed by atoms with Gasteiger partial charge in [0.15, 0.2) is 0 Å². The minimum absolute atomic E-state index is 0.0215. The van der Waals surface area contributed by atoms with Crippen molar-refractivity contribution >= 4 is 11.3 Å². The third-order valence-corrected chi connectivity index (χ3v) is 5.83. The first kappa shape index (κ1) is 17.3. The Labute approximate surface area is 157 Å². The lowest BCUT2D eigenvalue weighted by Crippen LogP contribution is -2.26. The van der Waals surface area contributed by atoms with Crippen molar-refractivity contribution < 1.29 is 5.11 Å². The number of nitrogens with one attached hydrogen (secondary N) is 3. The number of thiophene rings is 1. The Morgan fingerprint density at radius 3 is 2.65 bits per heavy atom. The van der Waals surface area contributed by atoms with E-state index in [1.165, 1.54) is 5.56 Å². The first-order valence-electron chi connectivity index (χ1n) is 8.65. The van der Waals surface area contributed by atoms with Crippen molar-refractivity contribution in [2.75, 3.05) is 6.67 Å². The average Bonchev–Trinajstić information content (AvgIpc) is 3.31. The van der Waals surface area contributed by atoms with Crippen LogP contribution in [0.4, 0.5) is 0 Å². The second kappa shape index (κ2) is 7.26. The van der Waals surface area contributed by atoms with Crippen LogP contribution in [0.2, 0.25) is 0 Å². The standard InChI is InChI=1S/C20H22N4OS/c1-12-3-5-14(6-4-12)18(25)16-10-17(15-7-8-21-13(2)9-15)26-19(16)20-22-11-23-24-20/h3-10,18,20,22-25H,11H2,1-2H3. The van der Waals surface area contributed by atoms with Crippen molar-refractivity contribution in [3.05, 3.63) is 75.9 Å². The molecule has 4 rings (SSSR count). The molecule has 26 heavy (non-hydrogen) atoms. The Kier molecular flexibility index (Phi) is 4.84. The fourth-order valence-electron chi connectivity index (χ4n) is 3.14. The summed E-state index contributed by atoms with van der Waals surface area (Å²) >= 11 is 1.69. The highest BCUT2D eigenvalue weighted by atomic mass is 32.1. The maximum absolute atomic E-state index is 11.1. The predicted octanol–water partition coefficient (Wildman–Crippen LogP) is 3.16. The predicted molar refractivity (Wildman–Crippen MR) is 105 cm³/mol. The monoisotopic (exact) mass is 366 g/mol. The van der Waals surface area contributed by atoms with Crippen molar-refractivity contribution in [2.45, 2.75) is 26.1 Å². The van der Waals surface area contributed by atoms with Crippen molar-refractivity contribution in [3.8, 4) is 10.4 Å². The van der Waals surface area contributed by atoms with Crippen LogP contribution in [0, 0.1) is 13.8 Å². The summed E-state index contributed by atoms with van der Waals surface area (Å²) in [6, 6.07) is 14.2. The van der Waals surface area contributed by atoms with Crippen LogP contribution < -0.4 is 16.2 Å². The van der Waals surface area contributed by atoms with Gasteiger partial charge in [0.1, 0.15) is 12.3 Å². The van der Waals surface area contributed by atoms with Gasteiger partial charge in [0.2, 0.25) is 0 Å². The zero-order chi connectivity index (χ0) is 18.1. The number of pyridine rings is 1. The molecule has 134 valence electrons. The first-order valence-corrected chi connectivity index (χ1v) is 9.46. The van der Waals surface area contributed by atoms with Crippen LogP contribution in [0.25, 0.3) is 10.4 Å². The third-order valence-electron chi connectivity index (χ3n) is 4.56. The zero-order valence-electron chi connectivity index (χ0n) is 14.8. The van der Waals surface area contributed by atoms with Crippen LogP contribution in [-0.2, 0) is 0 Å². The van der Waals surface area contributed by atoms with Crippen molar-refractivity contribution in [3.63, 3.8) is 0 Å². The summed E-state index contributed by atoms with van der Waals surface area (Å²) in [5.41, 5.74) is 11.4. The van der Waals surface area contributed by atoms with Gasteiger partial charge < -0.3 is 5.11 Å². The summed E-state index contributed by atoms with van der Waals surface area (Å²) in [7, 11) is 0. The molecule has 6 heteroatoms. The van der Waals surface area contributed by atoms with Crippen LogP contribution in [-0.4, -0.2) is 16.8 Å². The molecule has 1 saturated heterocycles. The largest absolute Gasteiger partial charge is 0.384 e. The maximum atomic E-state index is 11.1. The van der Waals surface area contributed by atoms with Crippen molar-refractivity contribution in [2.24, 2.45) is 0 Å². The summed E-state index contributed by atoms with van der Waals surface area (Å²) in [5, 5.41) is 14.4. The van der Waals surface area contributed by atoms with Gasteiger partial charge in [-0.2, -0.15) is 0 Å². The summed E-state index contributed by atoms with van der Waals surface area (Å²) < 4.78 is 0. The minimum Gasteiger partial charge on any atom is -0.384 e. The van der Waals surface area contributed by atoms with E-state index in [1.807, 2.05) is 50.4 Å². The van der Waals surface area contributed by atoms with E-state index >= 15 is 0 Å². The van der Waals surface area contributed by atoms with E-state index < -0.39 is 6.10 Å². The summed E-state index contributed by atoms with van der Waals surface area (Å²) in [4.78, 5) is 6.50. The smallest absolute Gasteiger partial charge is 0.107 e. The molecular weight excluding hydrogens is 344 g/mol. The van der Waals surface area contributed by atoms with Gasteiger partial charge in [0, 0.05) is 27.2 Å². The molecule has 1 aliphatic rings. The molecule has 0 radical (unpaired) electrons. The molecule has 1 aromatic carbocycles. The zero-order valence-corrected chi connectivity index (χ0v) is 15.6. The fraction of sp³-hybridized carbons (Fsp3) is 0.250. The number of aryl methyl sites for hydroxylation is 2. The lowest BCUT2D eigenvalue weighted by atomic mass is 9.99. The maximum Gasteiger partial charge on any atom is 0.107 e. The molecule has 0 saturated carbocycles. The number of hydrazine groups is 1. The highest BCUT2D eigenvalue weighted by molar-refractivity contribution is 7.15. The summed E-state index contributed by atoms with van der Waals surface area (Å²) in [6.07, 6.45) is 1.14. The van der Waals surface area contributed by atoms with Gasteiger partial charge in [-0.3, -0.25) is 10.3 Å². The number of hydrogen-bond donors (Lipinski definition) is 4. The molecule has 2 atom stereocenters. The van der Waals surface area contributed by atoms with Crippen LogP contribution in [0.15, 0.2) is 48.7 Å². The molecule has 3 aromatic rings. The number of nitrogens with zero attached hydrogens (tertiary/aromatic N) is 1. The normalized spacial score (nSPS) is 18.2. The van der Waals surface area contributed by atoms with E-state index in [0.29, 0.717) is 6.67 Å².